The Morgan fingerprint density at radius 2 is 2.23 bits per heavy atom. The van der Waals surface area contributed by atoms with Crippen LogP contribution in [0.3, 0.4) is 0 Å². The van der Waals surface area contributed by atoms with E-state index in [2.05, 4.69) is 36.9 Å². The molecule has 0 radical (unpaired) electrons. The van der Waals surface area contributed by atoms with Gasteiger partial charge in [-0.2, -0.15) is 0 Å². The molecule has 0 aromatic heterocycles. The first-order valence-corrected chi connectivity index (χ1v) is 4.82. The number of fused-ring (bicyclic) bond motifs is 1. The highest BCUT2D eigenvalue weighted by Crippen LogP contribution is 2.20. The van der Waals surface area contributed by atoms with Gasteiger partial charge in [-0.05, 0) is 42.0 Å². The molecule has 0 N–H and O–H groups in total. The molecule has 66 valence electrons. The Balaban J connectivity index is 2.46. The molecule has 0 aliphatic heterocycles. The van der Waals surface area contributed by atoms with Crippen LogP contribution in [0, 0.1) is 0 Å². The van der Waals surface area contributed by atoms with E-state index >= 15 is 0 Å². The van der Waals surface area contributed by atoms with Crippen LogP contribution >= 0.6 is 0 Å². The van der Waals surface area contributed by atoms with E-state index in [1.807, 2.05) is 6.08 Å². The zero-order valence-electron chi connectivity index (χ0n) is 7.79. The molecule has 0 saturated carbocycles. The molecule has 13 heavy (non-hydrogen) atoms. The maximum Gasteiger partial charge on any atom is -0.0222 e. The van der Waals surface area contributed by atoms with Crippen LogP contribution in [0.5, 0.6) is 0 Å². The number of hydrogen-bond acceptors (Lipinski definition) is 0. The van der Waals surface area contributed by atoms with Crippen LogP contribution in [0.2, 0.25) is 0 Å². The number of hydrogen-bond donors (Lipinski definition) is 0. The molecule has 0 bridgehead atoms. The quantitative estimate of drug-likeness (QED) is 0.603. The second-order valence-corrected chi connectivity index (χ2v) is 3.46. The summed E-state index contributed by atoms with van der Waals surface area (Å²) < 4.78 is 0. The van der Waals surface area contributed by atoms with Crippen molar-refractivity contribution < 1.29 is 0 Å². The summed E-state index contributed by atoms with van der Waals surface area (Å²) in [5, 5.41) is 0. The number of benzene rings is 1. The Morgan fingerprint density at radius 1 is 1.31 bits per heavy atom. The fraction of sp³-hybridized carbons (Fsp3) is 0.231. The molecule has 1 aromatic carbocycles. The topological polar surface area (TPSA) is 0 Å². The standard InChI is InChI=1S/C13H14/c1-2-11-8-9-12-6-4-3-5-7-13(12)10-11/h2,5,7-10H,1,3-4,6H2. The summed E-state index contributed by atoms with van der Waals surface area (Å²) in [6, 6.07) is 6.58. The lowest BCUT2D eigenvalue weighted by molar-refractivity contribution is 0.851. The van der Waals surface area contributed by atoms with Crippen LogP contribution < -0.4 is 0 Å². The first-order chi connectivity index (χ1) is 6.40. The summed E-state index contributed by atoms with van der Waals surface area (Å²) in [7, 11) is 0. The highest BCUT2D eigenvalue weighted by molar-refractivity contribution is 5.60. The summed E-state index contributed by atoms with van der Waals surface area (Å²) in [4.78, 5) is 0. The van der Waals surface area contributed by atoms with Crippen molar-refractivity contribution in [3.8, 4) is 0 Å². The van der Waals surface area contributed by atoms with E-state index in [4.69, 9.17) is 0 Å². The van der Waals surface area contributed by atoms with Crippen LogP contribution in [0.25, 0.3) is 12.2 Å². The molecular weight excluding hydrogens is 156 g/mol. The van der Waals surface area contributed by atoms with Crippen molar-refractivity contribution in [1.82, 2.24) is 0 Å². The summed E-state index contributed by atoms with van der Waals surface area (Å²) >= 11 is 0. The van der Waals surface area contributed by atoms with Gasteiger partial charge in [0, 0.05) is 0 Å². The summed E-state index contributed by atoms with van der Waals surface area (Å²) in [5.74, 6) is 0. The molecule has 1 aromatic rings. The molecule has 0 heterocycles. The van der Waals surface area contributed by atoms with Crippen molar-refractivity contribution in [1.29, 1.82) is 0 Å². The number of allylic oxidation sites excluding steroid dienone is 1. The Morgan fingerprint density at radius 3 is 3.08 bits per heavy atom. The van der Waals surface area contributed by atoms with E-state index in [1.165, 1.54) is 36.0 Å². The van der Waals surface area contributed by atoms with Gasteiger partial charge in [0.25, 0.3) is 0 Å². The lowest BCUT2D eigenvalue weighted by Gasteiger charge is -2.04. The van der Waals surface area contributed by atoms with Crippen molar-refractivity contribution in [3.05, 3.63) is 47.5 Å². The van der Waals surface area contributed by atoms with Crippen molar-refractivity contribution in [2.24, 2.45) is 0 Å². The maximum atomic E-state index is 3.78. The lowest BCUT2D eigenvalue weighted by atomic mass is 10.0. The molecule has 2 rings (SSSR count). The van der Waals surface area contributed by atoms with Gasteiger partial charge in [-0.25, -0.2) is 0 Å². The average molecular weight is 170 g/mol. The normalized spacial score (nSPS) is 14.8. The Labute approximate surface area is 79.6 Å². The Hall–Kier alpha value is -1.30. The molecule has 0 heteroatoms. The Bertz CT molecular complexity index is 345. The fourth-order valence-electron chi connectivity index (χ4n) is 1.74. The molecule has 0 fully saturated rings. The molecule has 1 aliphatic carbocycles. The molecule has 0 unspecified atom stereocenters. The monoisotopic (exact) mass is 170 g/mol. The molecule has 0 atom stereocenters. The van der Waals surface area contributed by atoms with Gasteiger partial charge >= 0.3 is 0 Å². The maximum absolute atomic E-state index is 3.78. The molecule has 0 nitrogen and oxygen atoms in total. The van der Waals surface area contributed by atoms with Gasteiger partial charge in [-0.1, -0.05) is 36.9 Å². The van der Waals surface area contributed by atoms with Crippen LogP contribution in [0.1, 0.15) is 29.5 Å². The molecule has 0 amide bonds. The first-order valence-electron chi connectivity index (χ1n) is 4.82. The smallest absolute Gasteiger partial charge is 0.0222 e. The molecular formula is C13H14. The van der Waals surface area contributed by atoms with Crippen LogP contribution in [-0.2, 0) is 6.42 Å². The zero-order chi connectivity index (χ0) is 9.10. The summed E-state index contributed by atoms with van der Waals surface area (Å²) in [6.45, 7) is 3.78. The van der Waals surface area contributed by atoms with E-state index in [-0.39, 0.29) is 0 Å². The zero-order valence-corrected chi connectivity index (χ0v) is 7.79. The van der Waals surface area contributed by atoms with Crippen molar-refractivity contribution in [2.75, 3.05) is 0 Å². The minimum atomic E-state index is 1.21. The minimum absolute atomic E-state index is 1.21. The number of aryl methyl sites for hydroxylation is 1. The second kappa shape index (κ2) is 3.61. The van der Waals surface area contributed by atoms with Crippen LogP contribution in [0.4, 0.5) is 0 Å². The largest absolute Gasteiger partial charge is 0.0985 e. The molecule has 1 aliphatic rings. The first kappa shape index (κ1) is 8.31. The van der Waals surface area contributed by atoms with Gasteiger partial charge in [-0.3, -0.25) is 0 Å². The van der Waals surface area contributed by atoms with Crippen molar-refractivity contribution in [2.45, 2.75) is 19.3 Å². The van der Waals surface area contributed by atoms with Gasteiger partial charge in [0.05, 0.1) is 0 Å². The average Bonchev–Trinajstić information content (AvgIpc) is 2.41. The van der Waals surface area contributed by atoms with Gasteiger partial charge in [0.1, 0.15) is 0 Å². The van der Waals surface area contributed by atoms with Gasteiger partial charge < -0.3 is 0 Å². The molecule has 0 saturated heterocycles. The third kappa shape index (κ3) is 1.72. The van der Waals surface area contributed by atoms with Gasteiger partial charge in [-0.15, -0.1) is 0 Å². The van der Waals surface area contributed by atoms with E-state index in [9.17, 15) is 0 Å². The minimum Gasteiger partial charge on any atom is -0.0985 e. The summed E-state index contributed by atoms with van der Waals surface area (Å²) in [5.41, 5.74) is 4.06. The Kier molecular flexibility index (Phi) is 2.31. The number of rotatable bonds is 1. The highest BCUT2D eigenvalue weighted by Gasteiger charge is 2.02. The SMILES string of the molecule is C=Cc1ccc2c(c1)C=CCCC2. The van der Waals surface area contributed by atoms with Crippen LogP contribution in [-0.4, -0.2) is 0 Å². The summed E-state index contributed by atoms with van der Waals surface area (Å²) in [6.07, 6.45) is 10.1. The van der Waals surface area contributed by atoms with E-state index in [0.29, 0.717) is 0 Å². The van der Waals surface area contributed by atoms with E-state index in [1.54, 1.807) is 0 Å². The molecule has 0 spiro atoms. The van der Waals surface area contributed by atoms with Gasteiger partial charge in [0.15, 0.2) is 0 Å². The third-order valence-corrected chi connectivity index (χ3v) is 2.52. The van der Waals surface area contributed by atoms with E-state index in [0.717, 1.165) is 0 Å². The van der Waals surface area contributed by atoms with E-state index < -0.39 is 0 Å². The lowest BCUT2D eigenvalue weighted by Crippen LogP contribution is -1.87. The second-order valence-electron chi connectivity index (χ2n) is 3.46. The van der Waals surface area contributed by atoms with Crippen LogP contribution in [0.15, 0.2) is 30.9 Å². The predicted molar refractivity (Wildman–Crippen MR) is 58.5 cm³/mol. The fourth-order valence-corrected chi connectivity index (χ4v) is 1.74. The third-order valence-electron chi connectivity index (χ3n) is 2.52. The van der Waals surface area contributed by atoms with Crippen molar-refractivity contribution >= 4 is 12.2 Å². The predicted octanol–water partition coefficient (Wildman–Crippen LogP) is 3.68. The highest BCUT2D eigenvalue weighted by atomic mass is 14.1. The van der Waals surface area contributed by atoms with Gasteiger partial charge in [0.2, 0.25) is 0 Å². The van der Waals surface area contributed by atoms with Crippen molar-refractivity contribution in [3.63, 3.8) is 0 Å².